The molecule has 2 aromatic carbocycles. The Balaban J connectivity index is 0.000000828. The monoisotopic (exact) mass is 378 g/mol. The highest BCUT2D eigenvalue weighted by Gasteiger charge is 2.33. The number of nitrogens with two attached hydrogens (primary N) is 2. The first-order valence-electron chi connectivity index (χ1n) is 8.12. The van der Waals surface area contributed by atoms with Gasteiger partial charge in [0.15, 0.2) is 0 Å². The van der Waals surface area contributed by atoms with Crippen molar-refractivity contribution in [2.45, 2.75) is 20.0 Å². The van der Waals surface area contributed by atoms with Crippen molar-refractivity contribution in [3.05, 3.63) is 77.0 Å². The van der Waals surface area contributed by atoms with Gasteiger partial charge in [-0.3, -0.25) is 5.84 Å². The van der Waals surface area contributed by atoms with Crippen LogP contribution in [0.25, 0.3) is 12.2 Å². The summed E-state index contributed by atoms with van der Waals surface area (Å²) in [4.78, 5) is 0. The molecule has 0 bridgehead atoms. The third kappa shape index (κ3) is 6.47. The van der Waals surface area contributed by atoms with E-state index in [0.717, 1.165) is 22.8 Å². The van der Waals surface area contributed by atoms with Crippen LogP contribution in [0.1, 0.15) is 27.8 Å². The van der Waals surface area contributed by atoms with E-state index in [2.05, 4.69) is 17.8 Å². The highest BCUT2D eigenvalue weighted by atomic mass is 19.4. The van der Waals surface area contributed by atoms with Crippen LogP contribution in [-0.2, 0) is 6.18 Å². The van der Waals surface area contributed by atoms with Gasteiger partial charge in [-0.2, -0.15) is 13.2 Å². The van der Waals surface area contributed by atoms with E-state index in [1.165, 1.54) is 30.4 Å². The predicted molar refractivity (Wildman–Crippen MR) is 106 cm³/mol. The molecule has 2 aromatic rings. The molecule has 0 aliphatic heterocycles. The molecule has 27 heavy (non-hydrogen) atoms. The van der Waals surface area contributed by atoms with Crippen molar-refractivity contribution in [1.29, 1.82) is 0 Å². The summed E-state index contributed by atoms with van der Waals surface area (Å²) in [5.74, 6) is 10.3. The summed E-state index contributed by atoms with van der Waals surface area (Å²) in [5.41, 5.74) is 4.81. The molecule has 4 nitrogen and oxygen atoms in total. The van der Waals surface area contributed by atoms with E-state index in [4.69, 9.17) is 5.84 Å². The minimum atomic E-state index is -4.44. The summed E-state index contributed by atoms with van der Waals surface area (Å²) >= 11 is 0. The Labute approximate surface area is 157 Å². The standard InChI is InChI=1S/C18H19F3N2.C2H6N2/c1-12-7-8-13(2)14(11-12)9-10-15-16(18(19,20)21)5-4-6-17(15)23(3)22;1-2-4-3/h4-11H,22H2,1-3H3;2,4H,1,3H2/b10-9+;. The first-order chi connectivity index (χ1) is 12.6. The van der Waals surface area contributed by atoms with E-state index in [1.54, 1.807) is 12.1 Å². The average Bonchev–Trinajstić information content (AvgIpc) is 2.61. The van der Waals surface area contributed by atoms with Crippen molar-refractivity contribution in [3.8, 4) is 0 Å². The van der Waals surface area contributed by atoms with Crippen LogP contribution in [0.2, 0.25) is 0 Å². The number of alkyl halides is 3. The van der Waals surface area contributed by atoms with E-state index in [-0.39, 0.29) is 5.56 Å². The number of hydrogen-bond donors (Lipinski definition) is 3. The molecule has 0 aliphatic rings. The maximum absolute atomic E-state index is 13.3. The number of nitrogens with zero attached hydrogens (tertiary/aromatic N) is 1. The Kier molecular flexibility index (Phi) is 8.08. The third-order valence-corrected chi connectivity index (χ3v) is 3.75. The zero-order valence-corrected chi connectivity index (χ0v) is 15.6. The summed E-state index contributed by atoms with van der Waals surface area (Å²) in [6.45, 7) is 7.11. The summed E-state index contributed by atoms with van der Waals surface area (Å²) in [5, 5.41) is 1.19. The molecule has 0 spiro atoms. The lowest BCUT2D eigenvalue weighted by atomic mass is 10.0. The van der Waals surface area contributed by atoms with Gasteiger partial charge in [0.25, 0.3) is 0 Å². The molecule has 146 valence electrons. The SMILES string of the molecule is C=CNN.Cc1ccc(C)c(/C=C/c2c(N(C)N)cccc2C(F)(F)F)c1. The highest BCUT2D eigenvalue weighted by molar-refractivity contribution is 5.80. The zero-order chi connectivity index (χ0) is 20.6. The number of benzene rings is 2. The summed E-state index contributed by atoms with van der Waals surface area (Å²) < 4.78 is 39.8. The van der Waals surface area contributed by atoms with Crippen molar-refractivity contribution in [1.82, 2.24) is 5.43 Å². The second kappa shape index (κ2) is 9.80. The first kappa shape index (κ1) is 22.3. The predicted octanol–water partition coefficient (Wildman–Crippen LogP) is 4.40. The van der Waals surface area contributed by atoms with E-state index in [9.17, 15) is 13.2 Å². The number of hydrogen-bond acceptors (Lipinski definition) is 4. The van der Waals surface area contributed by atoms with Crippen molar-refractivity contribution >= 4 is 17.8 Å². The fourth-order valence-corrected chi connectivity index (χ4v) is 2.40. The number of aryl methyl sites for hydroxylation is 2. The lowest BCUT2D eigenvalue weighted by molar-refractivity contribution is -0.137. The molecule has 0 saturated carbocycles. The highest BCUT2D eigenvalue weighted by Crippen LogP contribution is 2.36. The van der Waals surface area contributed by atoms with Crippen LogP contribution in [0.5, 0.6) is 0 Å². The Morgan fingerprint density at radius 3 is 2.26 bits per heavy atom. The van der Waals surface area contributed by atoms with Crippen LogP contribution in [-0.4, -0.2) is 7.05 Å². The largest absolute Gasteiger partial charge is 0.417 e. The number of rotatable bonds is 4. The molecule has 0 aromatic heterocycles. The molecule has 0 aliphatic carbocycles. The van der Waals surface area contributed by atoms with Gasteiger partial charge in [-0.25, -0.2) is 5.84 Å². The molecule has 5 N–H and O–H groups in total. The number of halogens is 3. The van der Waals surface area contributed by atoms with E-state index in [1.807, 2.05) is 32.0 Å². The molecule has 0 saturated heterocycles. The van der Waals surface area contributed by atoms with E-state index < -0.39 is 11.7 Å². The molecular formula is C20H25F3N4. The maximum atomic E-state index is 13.3. The van der Waals surface area contributed by atoms with Crippen LogP contribution in [0.15, 0.2) is 49.2 Å². The van der Waals surface area contributed by atoms with Gasteiger partial charge in [0.2, 0.25) is 0 Å². The Morgan fingerprint density at radius 2 is 1.74 bits per heavy atom. The van der Waals surface area contributed by atoms with Crippen molar-refractivity contribution in [2.75, 3.05) is 12.1 Å². The van der Waals surface area contributed by atoms with Gasteiger partial charge in [-0.05, 0) is 37.1 Å². The Morgan fingerprint density at radius 1 is 1.11 bits per heavy atom. The molecule has 0 amide bonds. The van der Waals surface area contributed by atoms with Crippen molar-refractivity contribution in [2.24, 2.45) is 11.7 Å². The van der Waals surface area contributed by atoms with Gasteiger partial charge in [0.1, 0.15) is 0 Å². The van der Waals surface area contributed by atoms with Gasteiger partial charge in [-0.15, -0.1) is 0 Å². The fraction of sp³-hybridized carbons (Fsp3) is 0.200. The lowest BCUT2D eigenvalue weighted by Crippen LogP contribution is -2.26. The molecular weight excluding hydrogens is 353 g/mol. The van der Waals surface area contributed by atoms with Crippen LogP contribution >= 0.6 is 0 Å². The lowest BCUT2D eigenvalue weighted by Gasteiger charge is -2.19. The molecule has 0 unspecified atom stereocenters. The third-order valence-electron chi connectivity index (χ3n) is 3.75. The minimum Gasteiger partial charge on any atom is -0.332 e. The summed E-state index contributed by atoms with van der Waals surface area (Å²) in [6.07, 6.45) is 0.135. The number of hydrazine groups is 2. The normalized spacial score (nSPS) is 11.0. The van der Waals surface area contributed by atoms with Crippen LogP contribution in [0, 0.1) is 13.8 Å². The molecule has 0 atom stereocenters. The molecule has 2 rings (SSSR count). The first-order valence-corrected chi connectivity index (χ1v) is 8.12. The van der Waals surface area contributed by atoms with Crippen LogP contribution < -0.4 is 22.1 Å². The van der Waals surface area contributed by atoms with E-state index in [0.29, 0.717) is 5.69 Å². The molecule has 0 heterocycles. The fourth-order valence-electron chi connectivity index (χ4n) is 2.40. The minimum absolute atomic E-state index is 0.0610. The topological polar surface area (TPSA) is 67.3 Å². The van der Waals surface area contributed by atoms with Crippen LogP contribution in [0.3, 0.4) is 0 Å². The van der Waals surface area contributed by atoms with Crippen molar-refractivity contribution < 1.29 is 13.2 Å². The second-order valence-corrected chi connectivity index (χ2v) is 5.91. The number of anilines is 1. The van der Waals surface area contributed by atoms with E-state index >= 15 is 0 Å². The quantitative estimate of drug-likeness (QED) is 0.419. The van der Waals surface area contributed by atoms with Gasteiger partial charge in [0, 0.05) is 18.8 Å². The summed E-state index contributed by atoms with van der Waals surface area (Å²) in [6, 6.07) is 9.84. The Bertz CT molecular complexity index is 796. The van der Waals surface area contributed by atoms with Gasteiger partial charge in [-0.1, -0.05) is 48.6 Å². The molecule has 0 radical (unpaired) electrons. The zero-order valence-electron chi connectivity index (χ0n) is 15.6. The molecule has 7 heteroatoms. The summed E-state index contributed by atoms with van der Waals surface area (Å²) in [7, 11) is 1.52. The average molecular weight is 378 g/mol. The smallest absolute Gasteiger partial charge is 0.332 e. The Hall–Kier alpha value is -2.77. The van der Waals surface area contributed by atoms with Gasteiger partial charge < -0.3 is 10.4 Å². The molecule has 0 fully saturated rings. The van der Waals surface area contributed by atoms with Gasteiger partial charge in [0.05, 0.1) is 11.3 Å². The maximum Gasteiger partial charge on any atom is 0.417 e. The van der Waals surface area contributed by atoms with Crippen LogP contribution in [0.4, 0.5) is 18.9 Å². The number of nitrogens with one attached hydrogen (secondary N) is 1. The van der Waals surface area contributed by atoms with Gasteiger partial charge >= 0.3 is 6.18 Å². The second-order valence-electron chi connectivity index (χ2n) is 5.91. The van der Waals surface area contributed by atoms with Crippen molar-refractivity contribution in [3.63, 3.8) is 0 Å².